The minimum absolute atomic E-state index is 0. The molecule has 0 bridgehead atoms. The van der Waals surface area contributed by atoms with Gasteiger partial charge in [0.15, 0.2) is 10.2 Å². The molecule has 0 aromatic heterocycles. The minimum atomic E-state index is -0.106. The topological polar surface area (TPSA) is 13.0 Å². The van der Waals surface area contributed by atoms with Gasteiger partial charge in [0, 0.05) is 26.2 Å². The van der Waals surface area contributed by atoms with Gasteiger partial charge in [-0.25, -0.2) is 0 Å². The molecule has 2 aliphatic rings. The smallest absolute Gasteiger partial charge is 0.761 e. The predicted molar refractivity (Wildman–Crippen MR) is 159 cm³/mol. The van der Waals surface area contributed by atoms with Gasteiger partial charge in [-0.05, 0) is 60.9 Å². The van der Waals surface area contributed by atoms with Crippen molar-refractivity contribution in [2.24, 2.45) is 0 Å². The molecule has 2 saturated heterocycles. The monoisotopic (exact) mass is 608 g/mol. The maximum Gasteiger partial charge on any atom is 2.00 e. The van der Waals surface area contributed by atoms with Crippen LogP contribution >= 0.6 is 48.9 Å². The molecule has 0 N–H and O–H groups in total. The summed E-state index contributed by atoms with van der Waals surface area (Å²) in [4.78, 5) is 9.91. The molecule has 0 radical (unpaired) electrons. The Kier molecular flexibility index (Phi) is 18.5. The molecule has 33 heavy (non-hydrogen) atoms. The van der Waals surface area contributed by atoms with Crippen LogP contribution in [0.5, 0.6) is 0 Å². The first-order valence-electron chi connectivity index (χ1n) is 11.8. The fourth-order valence-electron chi connectivity index (χ4n) is 3.36. The van der Waals surface area contributed by atoms with Gasteiger partial charge in [0.25, 0.3) is 0 Å². The summed E-state index contributed by atoms with van der Waals surface area (Å²) in [5, 5.41) is 1.47. The molecule has 4 nitrogen and oxygen atoms in total. The van der Waals surface area contributed by atoms with Gasteiger partial charge in [-0.3, -0.25) is 0 Å². The third-order valence-electron chi connectivity index (χ3n) is 5.45. The van der Waals surface area contributed by atoms with Crippen molar-refractivity contribution in [3.63, 3.8) is 0 Å². The van der Waals surface area contributed by atoms with Crippen molar-refractivity contribution in [1.82, 2.24) is 19.6 Å². The summed E-state index contributed by atoms with van der Waals surface area (Å²) in [5.74, 6) is 0. The van der Waals surface area contributed by atoms with Crippen LogP contribution in [0.1, 0.15) is 79.1 Å². The van der Waals surface area contributed by atoms with Crippen molar-refractivity contribution in [2.45, 2.75) is 89.8 Å². The van der Waals surface area contributed by atoms with Gasteiger partial charge >= 0.3 is 16.5 Å². The van der Waals surface area contributed by atoms with Crippen LogP contribution in [0, 0.1) is 0 Å². The zero-order valence-corrected chi connectivity index (χ0v) is 26.1. The molecule has 2 fully saturated rings. The van der Waals surface area contributed by atoms with Crippen LogP contribution in [-0.2, 0) is 41.7 Å². The van der Waals surface area contributed by atoms with Gasteiger partial charge in [0.2, 0.25) is 0 Å². The summed E-state index contributed by atoms with van der Waals surface area (Å²) in [6.07, 6.45) is 9.09. The Balaban J connectivity index is 0.000000602. The van der Waals surface area contributed by atoms with E-state index < -0.39 is 0 Å². The summed E-state index contributed by atoms with van der Waals surface area (Å²) in [5.41, 5.74) is 0. The second-order valence-corrected chi connectivity index (χ2v) is 10.5. The normalized spacial score (nSPS) is 20.4. The van der Waals surface area contributed by atoms with Crippen molar-refractivity contribution in [2.75, 3.05) is 26.2 Å². The molecule has 0 aliphatic carbocycles. The summed E-state index contributed by atoms with van der Waals surface area (Å²) < 4.78 is 0. The van der Waals surface area contributed by atoms with E-state index in [1.54, 1.807) is 0 Å². The van der Waals surface area contributed by atoms with Gasteiger partial charge in [0.05, 0.1) is 9.98 Å². The molecule has 0 aromatic rings. The van der Waals surface area contributed by atoms with Gasteiger partial charge in [-0.1, -0.05) is 77.8 Å². The maximum absolute atomic E-state index is 5.44. The summed E-state index contributed by atoms with van der Waals surface area (Å²) in [6, 6.07) is 0. The molecule has 192 valence electrons. The molecule has 2 aliphatic heterocycles. The standard InChI is InChI=1S/2C11H20N2S3.Ni/c2*1-3-5-7-12-9(14)10(15)13(11(12)16)8-6-4-2;/h2*9,14H,3-8H2,1-2H3;/q;;+2/p-2. The molecule has 0 saturated carbocycles. The van der Waals surface area contributed by atoms with Crippen molar-refractivity contribution in [3.05, 3.63) is 0 Å². The summed E-state index contributed by atoms with van der Waals surface area (Å²) in [6.45, 7) is 12.4. The molecule has 0 amide bonds. The zero-order chi connectivity index (χ0) is 24.3. The second kappa shape index (κ2) is 18.1. The molecule has 0 spiro atoms. The van der Waals surface area contributed by atoms with Gasteiger partial charge < -0.3 is 44.9 Å². The van der Waals surface area contributed by atoms with E-state index in [9.17, 15) is 0 Å². The van der Waals surface area contributed by atoms with Crippen LogP contribution in [0.2, 0.25) is 0 Å². The maximum atomic E-state index is 5.44. The number of hydrogen-bond acceptors (Lipinski definition) is 6. The molecule has 2 rings (SSSR count). The Bertz CT molecular complexity index is 596. The van der Waals surface area contributed by atoms with E-state index in [2.05, 4.69) is 37.5 Å². The molecule has 2 unspecified atom stereocenters. The van der Waals surface area contributed by atoms with Crippen molar-refractivity contribution in [3.8, 4) is 0 Å². The molecule has 2 heterocycles. The third kappa shape index (κ3) is 9.62. The van der Waals surface area contributed by atoms with Gasteiger partial charge in [0.1, 0.15) is 0 Å². The fourth-order valence-corrected chi connectivity index (χ4v) is 5.66. The van der Waals surface area contributed by atoms with Crippen LogP contribution in [0.3, 0.4) is 0 Å². The SMILES string of the molecule is CCCCN1C(=S)C([S-])N(CCCC)C1=S.CCCCN1C(=S)C([S-])N(CCCC)C1=S.[Ni+2]. The number of rotatable bonds is 12. The first kappa shape index (κ1) is 33.8. The quantitative estimate of drug-likeness (QED) is 0.162. The summed E-state index contributed by atoms with van der Waals surface area (Å²) >= 11 is 32.5. The predicted octanol–water partition coefficient (Wildman–Crippen LogP) is 5.38. The van der Waals surface area contributed by atoms with Crippen molar-refractivity contribution >= 4 is 94.3 Å². The van der Waals surface area contributed by atoms with Crippen molar-refractivity contribution < 1.29 is 16.5 Å². The molecular formula is C22H38N4NiS6. The number of unbranched alkanes of at least 4 members (excludes halogenated alkanes) is 4. The fraction of sp³-hybridized carbons (Fsp3) is 0.818. The Morgan fingerprint density at radius 2 is 0.848 bits per heavy atom. The van der Waals surface area contributed by atoms with Crippen LogP contribution in [0.25, 0.3) is 0 Å². The Labute approximate surface area is 244 Å². The average Bonchev–Trinajstić information content (AvgIpc) is 3.11. The van der Waals surface area contributed by atoms with E-state index in [1.807, 2.05) is 9.80 Å². The zero-order valence-electron chi connectivity index (χ0n) is 20.2. The first-order valence-corrected chi connectivity index (χ1v) is 14.4. The molecule has 11 heteroatoms. The minimum Gasteiger partial charge on any atom is -0.761 e. The molecular weight excluding hydrogens is 571 g/mol. The van der Waals surface area contributed by atoms with E-state index in [0.29, 0.717) is 0 Å². The average molecular weight is 610 g/mol. The third-order valence-corrected chi connectivity index (χ3v) is 8.50. The summed E-state index contributed by atoms with van der Waals surface area (Å²) in [7, 11) is 0. The number of hydrogen-bond donors (Lipinski definition) is 0. The van der Waals surface area contributed by atoms with E-state index in [-0.39, 0.29) is 27.2 Å². The first-order chi connectivity index (χ1) is 15.3. The molecule has 0 aromatic carbocycles. The van der Waals surface area contributed by atoms with E-state index >= 15 is 0 Å². The van der Waals surface area contributed by atoms with Gasteiger partial charge in [-0.2, -0.15) is 0 Å². The number of nitrogens with zero attached hydrogens (tertiary/aromatic N) is 4. The Morgan fingerprint density at radius 1 is 0.576 bits per heavy atom. The van der Waals surface area contributed by atoms with E-state index in [4.69, 9.17) is 74.1 Å². The molecule has 2 atom stereocenters. The van der Waals surface area contributed by atoms with Crippen LogP contribution in [0.15, 0.2) is 0 Å². The number of thiocarbonyl (C=S) groups is 4. The Morgan fingerprint density at radius 3 is 1.12 bits per heavy atom. The van der Waals surface area contributed by atoms with E-state index in [0.717, 1.165) is 97.7 Å². The van der Waals surface area contributed by atoms with Crippen LogP contribution in [0.4, 0.5) is 0 Å². The largest absolute Gasteiger partial charge is 2.00 e. The van der Waals surface area contributed by atoms with E-state index in [1.165, 1.54) is 0 Å². The van der Waals surface area contributed by atoms with Crippen LogP contribution < -0.4 is 0 Å². The van der Waals surface area contributed by atoms with Crippen LogP contribution in [-0.4, -0.2) is 76.7 Å². The van der Waals surface area contributed by atoms with Gasteiger partial charge in [-0.15, -0.1) is 0 Å². The Hall–Kier alpha value is 0.754. The second-order valence-electron chi connectivity index (χ2n) is 8.05. The van der Waals surface area contributed by atoms with Crippen molar-refractivity contribution in [1.29, 1.82) is 0 Å².